The third kappa shape index (κ3) is 3.83. The van der Waals surface area contributed by atoms with Gasteiger partial charge in [0.2, 0.25) is 5.91 Å². The summed E-state index contributed by atoms with van der Waals surface area (Å²) in [4.78, 5) is 11.0. The molecular weight excluding hydrogens is 202 g/mol. The summed E-state index contributed by atoms with van der Waals surface area (Å²) in [6.45, 7) is 2.00. The van der Waals surface area contributed by atoms with E-state index in [9.17, 15) is 4.79 Å². The lowest BCUT2D eigenvalue weighted by Crippen LogP contribution is -2.34. The van der Waals surface area contributed by atoms with Crippen molar-refractivity contribution in [2.45, 2.75) is 19.4 Å². The Labute approximate surface area is 87.8 Å². The quantitative estimate of drug-likeness (QED) is 0.736. The lowest BCUT2D eigenvalue weighted by molar-refractivity contribution is -0.119. The van der Waals surface area contributed by atoms with E-state index in [0.29, 0.717) is 0 Å². The molecule has 1 atom stereocenters. The van der Waals surface area contributed by atoms with Crippen LogP contribution in [0, 0.1) is 0 Å². The van der Waals surface area contributed by atoms with Crippen LogP contribution in [0.3, 0.4) is 0 Å². The minimum Gasteiger partial charge on any atom is -0.353 e. The van der Waals surface area contributed by atoms with Gasteiger partial charge in [-0.2, -0.15) is 24.0 Å². The van der Waals surface area contributed by atoms with Gasteiger partial charge in [0.1, 0.15) is 0 Å². The highest BCUT2D eigenvalue weighted by molar-refractivity contribution is 7.81. The molecule has 13 heavy (non-hydrogen) atoms. The molecule has 0 saturated carbocycles. The van der Waals surface area contributed by atoms with Crippen molar-refractivity contribution in [2.75, 3.05) is 5.75 Å². The number of carbonyl (C=O) groups is 1. The van der Waals surface area contributed by atoms with Crippen molar-refractivity contribution in [1.29, 1.82) is 0 Å². The predicted molar refractivity (Wildman–Crippen MR) is 59.5 cm³/mol. The molecule has 1 aromatic rings. The number of carbonyl (C=O) groups excluding carboxylic acids is 1. The maximum atomic E-state index is 11.0. The molecule has 72 valence electrons. The fourth-order valence-corrected chi connectivity index (χ4v) is 1.91. The standard InChI is InChI=1S/C9H13NOS2/c1-7(10-9(11)5-12)4-8-2-3-13-6-8/h2-3,6-7,12H,4-5H2,1H3,(H,10,11). The van der Waals surface area contributed by atoms with E-state index in [2.05, 4.69) is 29.4 Å². The van der Waals surface area contributed by atoms with Crippen LogP contribution in [-0.4, -0.2) is 17.7 Å². The molecule has 2 nitrogen and oxygen atoms in total. The van der Waals surface area contributed by atoms with Crippen molar-refractivity contribution in [3.63, 3.8) is 0 Å². The lowest BCUT2D eigenvalue weighted by atomic mass is 10.1. The minimum atomic E-state index is -0.00828. The first-order valence-corrected chi connectivity index (χ1v) is 5.71. The van der Waals surface area contributed by atoms with Crippen LogP contribution in [0.2, 0.25) is 0 Å². The van der Waals surface area contributed by atoms with Gasteiger partial charge in [-0.05, 0) is 35.7 Å². The van der Waals surface area contributed by atoms with Crippen LogP contribution in [0.1, 0.15) is 12.5 Å². The van der Waals surface area contributed by atoms with E-state index in [-0.39, 0.29) is 17.7 Å². The Morgan fingerprint density at radius 3 is 3.08 bits per heavy atom. The van der Waals surface area contributed by atoms with Crippen molar-refractivity contribution < 1.29 is 4.79 Å². The Morgan fingerprint density at radius 2 is 2.54 bits per heavy atom. The summed E-state index contributed by atoms with van der Waals surface area (Å²) < 4.78 is 0. The Morgan fingerprint density at radius 1 is 1.77 bits per heavy atom. The van der Waals surface area contributed by atoms with E-state index in [1.165, 1.54) is 5.56 Å². The molecule has 1 amide bonds. The van der Waals surface area contributed by atoms with Crippen LogP contribution in [0.15, 0.2) is 16.8 Å². The van der Waals surface area contributed by atoms with Gasteiger partial charge in [0.15, 0.2) is 0 Å². The van der Waals surface area contributed by atoms with Crippen molar-refractivity contribution in [3.8, 4) is 0 Å². The summed E-state index contributed by atoms with van der Waals surface area (Å²) in [6, 6.07) is 2.27. The van der Waals surface area contributed by atoms with Gasteiger partial charge in [-0.3, -0.25) is 4.79 Å². The summed E-state index contributed by atoms with van der Waals surface area (Å²) in [5, 5.41) is 7.00. The van der Waals surface area contributed by atoms with Crippen LogP contribution >= 0.6 is 24.0 Å². The average Bonchev–Trinajstić information content (AvgIpc) is 2.56. The normalized spacial score (nSPS) is 12.5. The Hall–Kier alpha value is -0.480. The van der Waals surface area contributed by atoms with Gasteiger partial charge < -0.3 is 5.32 Å². The largest absolute Gasteiger partial charge is 0.353 e. The molecule has 1 unspecified atom stereocenters. The number of thiol groups is 1. The van der Waals surface area contributed by atoms with Gasteiger partial charge in [-0.15, -0.1) is 0 Å². The molecule has 1 heterocycles. The third-order valence-corrected chi connectivity index (χ3v) is 2.69. The first kappa shape index (κ1) is 10.6. The zero-order chi connectivity index (χ0) is 9.68. The molecular formula is C9H13NOS2. The molecule has 0 fully saturated rings. The SMILES string of the molecule is CC(Cc1ccsc1)NC(=O)CS. The van der Waals surface area contributed by atoms with Crippen molar-refractivity contribution >= 4 is 29.9 Å². The van der Waals surface area contributed by atoms with E-state index >= 15 is 0 Å². The summed E-state index contributed by atoms with van der Waals surface area (Å²) in [5.41, 5.74) is 1.27. The first-order chi connectivity index (χ1) is 6.22. The summed E-state index contributed by atoms with van der Waals surface area (Å²) in [5.74, 6) is 0.250. The van der Waals surface area contributed by atoms with Crippen LogP contribution in [-0.2, 0) is 11.2 Å². The molecule has 1 rings (SSSR count). The zero-order valence-electron chi connectivity index (χ0n) is 7.49. The molecule has 4 heteroatoms. The Kier molecular flexibility index (Phi) is 4.32. The van der Waals surface area contributed by atoms with E-state index in [4.69, 9.17) is 0 Å². The smallest absolute Gasteiger partial charge is 0.229 e. The summed E-state index contributed by atoms with van der Waals surface area (Å²) in [6.07, 6.45) is 0.892. The van der Waals surface area contributed by atoms with Gasteiger partial charge in [0.25, 0.3) is 0 Å². The highest BCUT2D eigenvalue weighted by Crippen LogP contribution is 2.08. The number of hydrogen-bond donors (Lipinski definition) is 2. The Balaban J connectivity index is 2.33. The number of hydrogen-bond acceptors (Lipinski definition) is 3. The zero-order valence-corrected chi connectivity index (χ0v) is 9.20. The Bertz CT molecular complexity index is 259. The van der Waals surface area contributed by atoms with Gasteiger partial charge in [0.05, 0.1) is 5.75 Å². The fraction of sp³-hybridized carbons (Fsp3) is 0.444. The number of nitrogens with one attached hydrogen (secondary N) is 1. The minimum absolute atomic E-state index is 0.00828. The van der Waals surface area contributed by atoms with E-state index < -0.39 is 0 Å². The first-order valence-electron chi connectivity index (χ1n) is 4.13. The molecule has 0 aliphatic rings. The average molecular weight is 215 g/mol. The molecule has 1 aromatic heterocycles. The van der Waals surface area contributed by atoms with E-state index in [0.717, 1.165) is 6.42 Å². The lowest BCUT2D eigenvalue weighted by Gasteiger charge is -2.11. The monoisotopic (exact) mass is 215 g/mol. The van der Waals surface area contributed by atoms with Crippen LogP contribution in [0.25, 0.3) is 0 Å². The molecule has 0 aliphatic carbocycles. The van der Waals surface area contributed by atoms with E-state index in [1.54, 1.807) is 11.3 Å². The maximum Gasteiger partial charge on any atom is 0.229 e. The molecule has 0 aliphatic heterocycles. The van der Waals surface area contributed by atoms with Crippen molar-refractivity contribution in [3.05, 3.63) is 22.4 Å². The molecule has 1 N–H and O–H groups in total. The summed E-state index contributed by atoms with van der Waals surface area (Å²) >= 11 is 5.57. The van der Waals surface area contributed by atoms with Gasteiger partial charge in [-0.25, -0.2) is 0 Å². The van der Waals surface area contributed by atoms with E-state index in [1.807, 2.05) is 12.3 Å². The van der Waals surface area contributed by atoms with Crippen molar-refractivity contribution in [1.82, 2.24) is 5.32 Å². The molecule has 0 saturated heterocycles. The number of amides is 1. The third-order valence-electron chi connectivity index (χ3n) is 1.67. The topological polar surface area (TPSA) is 29.1 Å². The molecule has 0 radical (unpaired) electrons. The van der Waals surface area contributed by atoms with Crippen LogP contribution < -0.4 is 5.32 Å². The second kappa shape index (κ2) is 5.29. The highest BCUT2D eigenvalue weighted by atomic mass is 32.1. The number of thiophene rings is 1. The highest BCUT2D eigenvalue weighted by Gasteiger charge is 2.06. The number of rotatable bonds is 4. The molecule has 0 bridgehead atoms. The fourth-order valence-electron chi connectivity index (χ4n) is 1.13. The van der Waals surface area contributed by atoms with Crippen LogP contribution in [0.5, 0.6) is 0 Å². The predicted octanol–water partition coefficient (Wildman–Crippen LogP) is 1.73. The van der Waals surface area contributed by atoms with Gasteiger partial charge in [0, 0.05) is 6.04 Å². The second-order valence-corrected chi connectivity index (χ2v) is 4.06. The second-order valence-electron chi connectivity index (χ2n) is 2.96. The molecule has 0 spiro atoms. The van der Waals surface area contributed by atoms with Crippen molar-refractivity contribution in [2.24, 2.45) is 0 Å². The molecule has 0 aromatic carbocycles. The van der Waals surface area contributed by atoms with Gasteiger partial charge in [-0.1, -0.05) is 0 Å². The van der Waals surface area contributed by atoms with Crippen LogP contribution in [0.4, 0.5) is 0 Å². The summed E-state index contributed by atoms with van der Waals surface area (Å²) in [7, 11) is 0. The van der Waals surface area contributed by atoms with Gasteiger partial charge >= 0.3 is 0 Å². The maximum absolute atomic E-state index is 11.0.